The predicted molar refractivity (Wildman–Crippen MR) is 63.7 cm³/mol. The molecule has 0 aliphatic heterocycles. The van der Waals surface area contributed by atoms with E-state index in [-0.39, 0.29) is 0 Å². The van der Waals surface area contributed by atoms with E-state index in [0.29, 0.717) is 0 Å². The summed E-state index contributed by atoms with van der Waals surface area (Å²) < 4.78 is 0. The van der Waals surface area contributed by atoms with Crippen molar-refractivity contribution in [3.8, 4) is 0 Å². The first-order valence-corrected chi connectivity index (χ1v) is 6.83. The number of hydrogen-bond acceptors (Lipinski definition) is 1. The Kier molecular flexibility index (Phi) is 2.83. The van der Waals surface area contributed by atoms with Crippen LogP contribution in [0.4, 0.5) is 0 Å². The zero-order valence-electron chi connectivity index (χ0n) is 9.62. The van der Waals surface area contributed by atoms with Gasteiger partial charge in [-0.2, -0.15) is 0 Å². The lowest BCUT2D eigenvalue weighted by Gasteiger charge is -2.26. The Labute approximate surface area is 93.3 Å². The lowest BCUT2D eigenvalue weighted by molar-refractivity contribution is 0.328. The second-order valence-corrected chi connectivity index (χ2v) is 5.78. The number of fused-ring (bicyclic) bond motifs is 2. The Morgan fingerprint density at radius 2 is 1.87 bits per heavy atom. The lowest BCUT2D eigenvalue weighted by Crippen LogP contribution is -2.35. The van der Waals surface area contributed by atoms with Gasteiger partial charge in [0.2, 0.25) is 0 Å². The zero-order valence-corrected chi connectivity index (χ0v) is 9.62. The van der Waals surface area contributed by atoms with Crippen LogP contribution in [0, 0.1) is 17.8 Å². The molecule has 0 saturated heterocycles. The molecule has 0 spiro atoms. The second-order valence-electron chi connectivity index (χ2n) is 5.78. The topological polar surface area (TPSA) is 12.0 Å². The number of allylic oxidation sites excluding steroid dienone is 2. The normalized spacial score (nSPS) is 40.1. The van der Waals surface area contributed by atoms with Gasteiger partial charge < -0.3 is 5.32 Å². The molecule has 3 rings (SSSR count). The van der Waals surface area contributed by atoms with Crippen molar-refractivity contribution in [2.24, 2.45) is 17.8 Å². The molecule has 1 nitrogen and oxygen atoms in total. The maximum Gasteiger partial charge on any atom is 0.00671 e. The fraction of sp³-hybridized carbons (Fsp3) is 0.857. The van der Waals surface area contributed by atoms with E-state index < -0.39 is 0 Å². The summed E-state index contributed by atoms with van der Waals surface area (Å²) in [5.74, 6) is 2.82. The highest BCUT2D eigenvalue weighted by atomic mass is 14.9. The summed E-state index contributed by atoms with van der Waals surface area (Å²) in [6.07, 6.45) is 15.1. The van der Waals surface area contributed by atoms with Gasteiger partial charge in [0, 0.05) is 6.04 Å². The van der Waals surface area contributed by atoms with Gasteiger partial charge in [0.15, 0.2) is 0 Å². The summed E-state index contributed by atoms with van der Waals surface area (Å²) >= 11 is 0. The van der Waals surface area contributed by atoms with Crippen molar-refractivity contribution in [3.05, 3.63) is 12.2 Å². The van der Waals surface area contributed by atoms with E-state index >= 15 is 0 Å². The van der Waals surface area contributed by atoms with Crippen LogP contribution in [0.15, 0.2) is 12.2 Å². The maximum atomic E-state index is 3.81. The van der Waals surface area contributed by atoms with Crippen LogP contribution in [0.25, 0.3) is 0 Å². The first-order chi connectivity index (χ1) is 7.42. The van der Waals surface area contributed by atoms with Gasteiger partial charge in [0.1, 0.15) is 0 Å². The molecule has 0 aromatic carbocycles. The quantitative estimate of drug-likeness (QED) is 0.698. The molecule has 0 heterocycles. The van der Waals surface area contributed by atoms with E-state index in [1.165, 1.54) is 51.5 Å². The average molecular weight is 205 g/mol. The molecular formula is C14H23N. The minimum absolute atomic E-state index is 0.849. The van der Waals surface area contributed by atoms with Crippen LogP contribution < -0.4 is 5.32 Å². The van der Waals surface area contributed by atoms with Crippen LogP contribution in [0.3, 0.4) is 0 Å². The Morgan fingerprint density at radius 3 is 2.53 bits per heavy atom. The molecule has 0 aromatic heterocycles. The molecule has 3 aliphatic carbocycles. The highest BCUT2D eigenvalue weighted by molar-refractivity contribution is 5.10. The first-order valence-electron chi connectivity index (χ1n) is 6.83. The Balaban J connectivity index is 1.44. The summed E-state index contributed by atoms with van der Waals surface area (Å²) in [6, 6.07) is 0.849. The summed E-state index contributed by atoms with van der Waals surface area (Å²) in [5, 5.41) is 3.81. The van der Waals surface area contributed by atoms with Gasteiger partial charge in [0.25, 0.3) is 0 Å². The average Bonchev–Trinajstić information content (AvgIpc) is 2.89. The Bertz CT molecular complexity index is 240. The molecular weight excluding hydrogens is 182 g/mol. The fourth-order valence-corrected chi connectivity index (χ4v) is 3.75. The van der Waals surface area contributed by atoms with Crippen LogP contribution in [0.1, 0.15) is 44.9 Å². The number of rotatable bonds is 3. The van der Waals surface area contributed by atoms with Gasteiger partial charge in [0.05, 0.1) is 0 Å². The summed E-state index contributed by atoms with van der Waals surface area (Å²) in [5.41, 5.74) is 0. The fourth-order valence-electron chi connectivity index (χ4n) is 3.75. The lowest BCUT2D eigenvalue weighted by atomic mass is 9.91. The van der Waals surface area contributed by atoms with Crippen LogP contribution in [0.2, 0.25) is 0 Å². The minimum atomic E-state index is 0.849. The van der Waals surface area contributed by atoms with E-state index in [4.69, 9.17) is 0 Å². The van der Waals surface area contributed by atoms with Crippen LogP contribution in [-0.4, -0.2) is 12.6 Å². The number of nitrogens with one attached hydrogen (secondary N) is 1. The second kappa shape index (κ2) is 4.29. The smallest absolute Gasteiger partial charge is 0.00671 e. The van der Waals surface area contributed by atoms with E-state index in [0.717, 1.165) is 23.8 Å². The van der Waals surface area contributed by atoms with E-state index in [1.54, 1.807) is 0 Å². The third-order valence-corrected chi connectivity index (χ3v) is 4.69. The van der Waals surface area contributed by atoms with Crippen molar-refractivity contribution in [3.63, 3.8) is 0 Å². The maximum absolute atomic E-state index is 3.81. The van der Waals surface area contributed by atoms with Crippen molar-refractivity contribution in [2.75, 3.05) is 6.54 Å². The van der Waals surface area contributed by atoms with Crippen LogP contribution in [0.5, 0.6) is 0 Å². The summed E-state index contributed by atoms with van der Waals surface area (Å²) in [4.78, 5) is 0. The van der Waals surface area contributed by atoms with E-state index in [1.807, 2.05) is 0 Å². The van der Waals surface area contributed by atoms with Gasteiger partial charge >= 0.3 is 0 Å². The molecule has 2 bridgehead atoms. The van der Waals surface area contributed by atoms with Gasteiger partial charge in [-0.15, -0.1) is 0 Å². The molecule has 2 saturated carbocycles. The van der Waals surface area contributed by atoms with Crippen molar-refractivity contribution in [2.45, 2.75) is 51.0 Å². The first kappa shape index (κ1) is 9.89. The largest absolute Gasteiger partial charge is 0.314 e. The molecule has 0 aromatic rings. The van der Waals surface area contributed by atoms with Crippen LogP contribution >= 0.6 is 0 Å². The zero-order chi connectivity index (χ0) is 10.1. The minimum Gasteiger partial charge on any atom is -0.314 e. The van der Waals surface area contributed by atoms with Gasteiger partial charge in [-0.3, -0.25) is 0 Å². The standard InChI is InChI=1S/C14H23N/c1-2-4-14(5-3-1)15-10-13-9-11-6-7-12(13)8-11/h6-7,11-15H,1-5,8-10H2/t11-,12+,13+/m1/s1. The van der Waals surface area contributed by atoms with Crippen LogP contribution in [-0.2, 0) is 0 Å². The SMILES string of the molecule is C1=C[C@H]2C[C@@H]1C[C@H]2CNC1CCCCC1. The van der Waals surface area contributed by atoms with Crippen molar-refractivity contribution in [1.29, 1.82) is 0 Å². The molecule has 3 atom stereocenters. The van der Waals surface area contributed by atoms with Crippen molar-refractivity contribution >= 4 is 0 Å². The molecule has 0 radical (unpaired) electrons. The highest BCUT2D eigenvalue weighted by Crippen LogP contribution is 2.43. The Morgan fingerprint density at radius 1 is 1.00 bits per heavy atom. The van der Waals surface area contributed by atoms with E-state index in [2.05, 4.69) is 17.5 Å². The van der Waals surface area contributed by atoms with Gasteiger partial charge in [-0.1, -0.05) is 31.4 Å². The molecule has 0 unspecified atom stereocenters. The van der Waals surface area contributed by atoms with Gasteiger partial charge in [-0.05, 0) is 50.0 Å². The third-order valence-electron chi connectivity index (χ3n) is 4.69. The van der Waals surface area contributed by atoms with E-state index in [9.17, 15) is 0 Å². The summed E-state index contributed by atoms with van der Waals surface area (Å²) in [7, 11) is 0. The molecule has 84 valence electrons. The predicted octanol–water partition coefficient (Wildman–Crippen LogP) is 3.12. The molecule has 3 aliphatic rings. The molecule has 1 N–H and O–H groups in total. The third kappa shape index (κ3) is 2.13. The Hall–Kier alpha value is -0.300. The van der Waals surface area contributed by atoms with Crippen molar-refractivity contribution in [1.82, 2.24) is 5.32 Å². The summed E-state index contributed by atoms with van der Waals surface area (Å²) in [6.45, 7) is 1.29. The molecule has 0 amide bonds. The molecule has 2 fully saturated rings. The monoisotopic (exact) mass is 205 g/mol. The molecule has 1 heteroatoms. The van der Waals surface area contributed by atoms with Crippen molar-refractivity contribution < 1.29 is 0 Å². The molecule has 15 heavy (non-hydrogen) atoms. The highest BCUT2D eigenvalue weighted by Gasteiger charge is 2.35. The van der Waals surface area contributed by atoms with Gasteiger partial charge in [-0.25, -0.2) is 0 Å². The number of hydrogen-bond donors (Lipinski definition) is 1.